The molecule has 1 atom stereocenters. The Morgan fingerprint density at radius 3 is 2.39 bits per heavy atom. The second-order valence-corrected chi connectivity index (χ2v) is 11.1. The highest BCUT2D eigenvalue weighted by Gasteiger charge is 2.43. The third-order valence-corrected chi connectivity index (χ3v) is 7.12. The molecule has 0 unspecified atom stereocenters. The van der Waals surface area contributed by atoms with Crippen LogP contribution in [0.2, 0.25) is 5.02 Å². The summed E-state index contributed by atoms with van der Waals surface area (Å²) in [5, 5.41) is 3.28. The SMILES string of the molecule is C[C@@H](C(=O)NC(C)(C)C)N(Cc1cccc(Cl)c1)C(=O)CN1C(=O)c2ccccc2S1(=O)=O. The molecule has 176 valence electrons. The van der Waals surface area contributed by atoms with Crippen LogP contribution in [0, 0.1) is 0 Å². The van der Waals surface area contributed by atoms with E-state index in [4.69, 9.17) is 11.6 Å². The molecule has 3 amide bonds. The molecule has 10 heteroatoms. The van der Waals surface area contributed by atoms with E-state index in [1.807, 2.05) is 20.8 Å². The molecule has 2 aromatic carbocycles. The van der Waals surface area contributed by atoms with E-state index >= 15 is 0 Å². The number of rotatable bonds is 6. The van der Waals surface area contributed by atoms with Gasteiger partial charge in [0.1, 0.15) is 17.5 Å². The van der Waals surface area contributed by atoms with Crippen LogP contribution in [0.5, 0.6) is 0 Å². The molecule has 0 saturated carbocycles. The van der Waals surface area contributed by atoms with Crippen LogP contribution in [0.4, 0.5) is 0 Å². The maximum absolute atomic E-state index is 13.3. The first-order chi connectivity index (χ1) is 15.3. The minimum Gasteiger partial charge on any atom is -0.350 e. The second kappa shape index (κ2) is 9.15. The number of amides is 3. The van der Waals surface area contributed by atoms with Gasteiger partial charge in [-0.15, -0.1) is 0 Å². The first-order valence-corrected chi connectivity index (χ1v) is 12.1. The van der Waals surface area contributed by atoms with Crippen molar-refractivity contribution >= 4 is 39.3 Å². The highest BCUT2D eigenvalue weighted by molar-refractivity contribution is 7.90. The zero-order valence-corrected chi connectivity index (χ0v) is 20.4. The van der Waals surface area contributed by atoms with Crippen molar-refractivity contribution < 1.29 is 22.8 Å². The van der Waals surface area contributed by atoms with E-state index in [9.17, 15) is 22.8 Å². The van der Waals surface area contributed by atoms with Crippen LogP contribution in [-0.4, -0.2) is 53.5 Å². The molecule has 1 N–H and O–H groups in total. The number of sulfonamides is 1. The number of hydrogen-bond donors (Lipinski definition) is 1. The van der Waals surface area contributed by atoms with E-state index < -0.39 is 45.9 Å². The van der Waals surface area contributed by atoms with Crippen molar-refractivity contribution in [3.8, 4) is 0 Å². The maximum Gasteiger partial charge on any atom is 0.269 e. The fraction of sp³-hybridized carbons (Fsp3) is 0.348. The molecule has 8 nitrogen and oxygen atoms in total. The largest absolute Gasteiger partial charge is 0.350 e. The fourth-order valence-electron chi connectivity index (χ4n) is 3.49. The Hall–Kier alpha value is -2.91. The number of halogens is 1. The fourth-order valence-corrected chi connectivity index (χ4v) is 5.22. The summed E-state index contributed by atoms with van der Waals surface area (Å²) in [6.45, 7) is 6.28. The average Bonchev–Trinajstić information content (AvgIpc) is 2.91. The minimum absolute atomic E-state index is 0.00709. The molecular weight excluding hydrogens is 466 g/mol. The predicted octanol–water partition coefficient (Wildman–Crippen LogP) is 2.82. The summed E-state index contributed by atoms with van der Waals surface area (Å²) in [5.74, 6) is -1.86. The molecule has 1 aliphatic heterocycles. The van der Waals surface area contributed by atoms with Crippen molar-refractivity contribution in [2.75, 3.05) is 6.54 Å². The molecule has 2 aromatic rings. The minimum atomic E-state index is -4.16. The van der Waals surface area contributed by atoms with Crippen LogP contribution in [-0.2, 0) is 26.2 Å². The van der Waals surface area contributed by atoms with Gasteiger partial charge >= 0.3 is 0 Å². The third kappa shape index (κ3) is 5.36. The Balaban J connectivity index is 1.91. The molecule has 3 rings (SSSR count). The van der Waals surface area contributed by atoms with Gasteiger partial charge in [0.25, 0.3) is 15.9 Å². The molecule has 1 aliphatic rings. The lowest BCUT2D eigenvalue weighted by atomic mass is 10.1. The molecule has 0 aliphatic carbocycles. The van der Waals surface area contributed by atoms with Gasteiger partial charge in [-0.1, -0.05) is 35.9 Å². The van der Waals surface area contributed by atoms with Gasteiger partial charge in [0.2, 0.25) is 11.8 Å². The van der Waals surface area contributed by atoms with Crippen LogP contribution < -0.4 is 5.32 Å². The quantitative estimate of drug-likeness (QED) is 0.669. The number of fused-ring (bicyclic) bond motifs is 1. The van der Waals surface area contributed by atoms with E-state index in [-0.39, 0.29) is 17.0 Å². The molecule has 0 fully saturated rings. The van der Waals surface area contributed by atoms with E-state index in [1.54, 1.807) is 37.3 Å². The van der Waals surface area contributed by atoms with Crippen molar-refractivity contribution in [2.24, 2.45) is 0 Å². The monoisotopic (exact) mass is 491 g/mol. The topological polar surface area (TPSA) is 104 Å². The van der Waals surface area contributed by atoms with E-state index in [0.29, 0.717) is 14.9 Å². The van der Waals surface area contributed by atoms with Gasteiger partial charge in [-0.25, -0.2) is 12.7 Å². The average molecular weight is 492 g/mol. The molecule has 0 bridgehead atoms. The molecule has 0 spiro atoms. The Labute approximate surface area is 198 Å². The van der Waals surface area contributed by atoms with Crippen LogP contribution in [0.25, 0.3) is 0 Å². The summed E-state index contributed by atoms with van der Waals surface area (Å²) < 4.78 is 26.3. The summed E-state index contributed by atoms with van der Waals surface area (Å²) >= 11 is 6.07. The van der Waals surface area contributed by atoms with Gasteiger partial charge in [0.05, 0.1) is 5.56 Å². The third-order valence-electron chi connectivity index (χ3n) is 5.10. The lowest BCUT2D eigenvalue weighted by Gasteiger charge is -2.32. The van der Waals surface area contributed by atoms with E-state index in [0.717, 1.165) is 0 Å². The summed E-state index contributed by atoms with van der Waals surface area (Å²) in [6.07, 6.45) is 0. The molecular formula is C23H26ClN3O5S. The molecule has 0 aromatic heterocycles. The molecule has 1 heterocycles. The number of carbonyl (C=O) groups excluding carboxylic acids is 3. The van der Waals surface area contributed by atoms with Gasteiger partial charge < -0.3 is 10.2 Å². The van der Waals surface area contributed by atoms with Crippen LogP contribution >= 0.6 is 11.6 Å². The highest BCUT2D eigenvalue weighted by atomic mass is 35.5. The maximum atomic E-state index is 13.3. The van der Waals surface area contributed by atoms with E-state index in [2.05, 4.69) is 5.32 Å². The van der Waals surface area contributed by atoms with Gasteiger partial charge in [-0.3, -0.25) is 14.4 Å². The van der Waals surface area contributed by atoms with Gasteiger partial charge in [0.15, 0.2) is 0 Å². The Bertz CT molecular complexity index is 1210. The van der Waals surface area contributed by atoms with Crippen LogP contribution in [0.15, 0.2) is 53.4 Å². The summed E-state index contributed by atoms with van der Waals surface area (Å²) in [6, 6.07) is 11.7. The second-order valence-electron chi connectivity index (χ2n) is 8.88. The summed E-state index contributed by atoms with van der Waals surface area (Å²) in [7, 11) is -4.16. The lowest BCUT2D eigenvalue weighted by molar-refractivity contribution is -0.141. The van der Waals surface area contributed by atoms with Crippen molar-refractivity contribution in [2.45, 2.75) is 50.7 Å². The van der Waals surface area contributed by atoms with Gasteiger partial charge in [0, 0.05) is 17.1 Å². The first kappa shape index (κ1) is 24.7. The number of nitrogens with zero attached hydrogens (tertiary/aromatic N) is 2. The number of nitrogens with one attached hydrogen (secondary N) is 1. The summed E-state index contributed by atoms with van der Waals surface area (Å²) in [5.41, 5.74) is 0.141. The molecule has 0 saturated heterocycles. The smallest absolute Gasteiger partial charge is 0.269 e. The van der Waals surface area contributed by atoms with E-state index in [1.165, 1.54) is 23.1 Å². The Morgan fingerprint density at radius 2 is 1.79 bits per heavy atom. The van der Waals surface area contributed by atoms with Crippen molar-refractivity contribution in [1.29, 1.82) is 0 Å². The van der Waals surface area contributed by atoms with Crippen molar-refractivity contribution in [1.82, 2.24) is 14.5 Å². The van der Waals surface area contributed by atoms with Gasteiger partial charge in [-0.2, -0.15) is 0 Å². The summed E-state index contributed by atoms with van der Waals surface area (Å²) in [4.78, 5) is 40.0. The zero-order chi connectivity index (χ0) is 24.6. The number of carbonyl (C=O) groups is 3. The lowest BCUT2D eigenvalue weighted by Crippen LogP contribution is -2.54. The zero-order valence-electron chi connectivity index (χ0n) is 18.8. The van der Waals surface area contributed by atoms with Crippen LogP contribution in [0.3, 0.4) is 0 Å². The van der Waals surface area contributed by atoms with Crippen LogP contribution in [0.1, 0.15) is 43.6 Å². The normalized spacial score (nSPS) is 15.7. The van der Waals surface area contributed by atoms with Crippen molar-refractivity contribution in [3.63, 3.8) is 0 Å². The predicted molar refractivity (Wildman–Crippen MR) is 124 cm³/mol. The highest BCUT2D eigenvalue weighted by Crippen LogP contribution is 2.30. The molecule has 0 radical (unpaired) electrons. The Kier molecular flexibility index (Phi) is 6.85. The van der Waals surface area contributed by atoms with Crippen molar-refractivity contribution in [3.05, 3.63) is 64.7 Å². The Morgan fingerprint density at radius 1 is 1.12 bits per heavy atom. The van der Waals surface area contributed by atoms with Gasteiger partial charge in [-0.05, 0) is 57.5 Å². The number of hydrogen-bond acceptors (Lipinski definition) is 5. The first-order valence-electron chi connectivity index (χ1n) is 10.3. The number of benzene rings is 2. The standard InChI is InChI=1S/C23H26ClN3O5S/c1-15(21(29)25-23(2,3)4)26(13-16-8-7-9-17(24)12-16)20(28)14-27-22(30)18-10-5-6-11-19(18)33(27,31)32/h5-12,15H,13-14H2,1-4H3,(H,25,29)/t15-/m0/s1. The molecule has 33 heavy (non-hydrogen) atoms.